The fourth-order valence-corrected chi connectivity index (χ4v) is 2.67. The highest BCUT2D eigenvalue weighted by atomic mass is 16.3. The largest absolute Gasteiger partial charge is 0.508 e. The zero-order valence-corrected chi connectivity index (χ0v) is 14.2. The molecular weight excluding hydrogens is 326 g/mol. The number of amides is 2. The van der Waals surface area contributed by atoms with Crippen LogP contribution in [0.15, 0.2) is 84.9 Å². The highest BCUT2D eigenvalue weighted by Crippen LogP contribution is 2.14. The van der Waals surface area contributed by atoms with Gasteiger partial charge in [-0.15, -0.1) is 0 Å². The van der Waals surface area contributed by atoms with Crippen molar-refractivity contribution in [1.82, 2.24) is 4.90 Å². The number of aromatic hydroxyl groups is 1. The van der Waals surface area contributed by atoms with Gasteiger partial charge in [0, 0.05) is 17.7 Å². The molecule has 0 saturated heterocycles. The maximum atomic E-state index is 12.9. The van der Waals surface area contributed by atoms with Gasteiger partial charge in [0.2, 0.25) is 0 Å². The number of rotatable bonds is 5. The molecule has 4 nitrogen and oxygen atoms in total. The summed E-state index contributed by atoms with van der Waals surface area (Å²) in [7, 11) is 0. The van der Waals surface area contributed by atoms with Crippen molar-refractivity contribution < 1.29 is 14.7 Å². The predicted molar refractivity (Wildman–Crippen MR) is 100 cm³/mol. The molecule has 0 atom stereocenters. The van der Waals surface area contributed by atoms with Gasteiger partial charge in [-0.05, 0) is 48.4 Å². The Kier molecular flexibility index (Phi) is 5.44. The first-order valence-corrected chi connectivity index (χ1v) is 8.39. The van der Waals surface area contributed by atoms with E-state index < -0.39 is 0 Å². The number of benzene rings is 3. The molecule has 0 radical (unpaired) electrons. The predicted octanol–water partition coefficient (Wildman–Crippen LogP) is 3.92. The Morgan fingerprint density at radius 2 is 1.15 bits per heavy atom. The number of phenols is 1. The van der Waals surface area contributed by atoms with Crippen LogP contribution in [0.4, 0.5) is 0 Å². The third-order valence-electron chi connectivity index (χ3n) is 4.09. The second-order valence-electron chi connectivity index (χ2n) is 5.91. The van der Waals surface area contributed by atoms with Crippen molar-refractivity contribution in [2.75, 3.05) is 6.54 Å². The summed E-state index contributed by atoms with van der Waals surface area (Å²) < 4.78 is 0. The number of carbonyl (C=O) groups excluding carboxylic acids is 2. The van der Waals surface area contributed by atoms with Gasteiger partial charge in [-0.2, -0.15) is 0 Å². The van der Waals surface area contributed by atoms with Crippen LogP contribution in [0.1, 0.15) is 26.3 Å². The Morgan fingerprint density at radius 3 is 1.62 bits per heavy atom. The summed E-state index contributed by atoms with van der Waals surface area (Å²) in [4.78, 5) is 27.1. The lowest BCUT2D eigenvalue weighted by atomic mass is 10.1. The minimum Gasteiger partial charge on any atom is -0.508 e. The zero-order chi connectivity index (χ0) is 18.4. The molecule has 1 N–H and O–H groups in total. The number of nitrogens with zero attached hydrogens (tertiary/aromatic N) is 1. The van der Waals surface area contributed by atoms with Crippen LogP contribution in [0.2, 0.25) is 0 Å². The minimum atomic E-state index is -0.321. The molecule has 0 saturated carbocycles. The maximum Gasteiger partial charge on any atom is 0.260 e. The molecule has 2 amide bonds. The van der Waals surface area contributed by atoms with Gasteiger partial charge in [-0.1, -0.05) is 48.5 Å². The van der Waals surface area contributed by atoms with Crippen LogP contribution < -0.4 is 0 Å². The molecule has 4 heteroatoms. The van der Waals surface area contributed by atoms with Crippen LogP contribution in [0.3, 0.4) is 0 Å². The van der Waals surface area contributed by atoms with Gasteiger partial charge in [-0.25, -0.2) is 0 Å². The van der Waals surface area contributed by atoms with Crippen molar-refractivity contribution >= 4 is 11.8 Å². The van der Waals surface area contributed by atoms with Crippen LogP contribution in [0.25, 0.3) is 0 Å². The monoisotopic (exact) mass is 345 g/mol. The van der Waals surface area contributed by atoms with Crippen LogP contribution in [0, 0.1) is 0 Å². The van der Waals surface area contributed by atoms with Crippen molar-refractivity contribution in [2.24, 2.45) is 0 Å². The molecule has 0 heterocycles. The van der Waals surface area contributed by atoms with Crippen LogP contribution in [-0.4, -0.2) is 28.4 Å². The third kappa shape index (κ3) is 4.16. The van der Waals surface area contributed by atoms with Gasteiger partial charge in [0.25, 0.3) is 11.8 Å². The number of hydrogen-bond acceptors (Lipinski definition) is 3. The van der Waals surface area contributed by atoms with E-state index in [0.29, 0.717) is 17.5 Å². The van der Waals surface area contributed by atoms with Crippen molar-refractivity contribution in [3.8, 4) is 5.75 Å². The smallest absolute Gasteiger partial charge is 0.260 e. The van der Waals surface area contributed by atoms with Crippen molar-refractivity contribution in [3.05, 3.63) is 102 Å². The highest BCUT2D eigenvalue weighted by molar-refractivity contribution is 6.10. The van der Waals surface area contributed by atoms with Crippen molar-refractivity contribution in [2.45, 2.75) is 6.42 Å². The maximum absolute atomic E-state index is 12.9. The number of imide groups is 1. The standard InChI is InChI=1S/C22H19NO3/c24-20-13-11-17(12-14-20)15-16-23(21(25)18-7-3-1-4-8-18)22(26)19-9-5-2-6-10-19/h1-14,24H,15-16H2. The van der Waals surface area contributed by atoms with E-state index >= 15 is 0 Å². The molecule has 3 aromatic carbocycles. The molecule has 0 fully saturated rings. The summed E-state index contributed by atoms with van der Waals surface area (Å²) in [5.41, 5.74) is 1.89. The molecule has 0 aliphatic heterocycles. The van der Waals surface area contributed by atoms with Gasteiger partial charge >= 0.3 is 0 Å². The number of hydrogen-bond donors (Lipinski definition) is 1. The molecule has 0 aromatic heterocycles. The lowest BCUT2D eigenvalue weighted by molar-refractivity contribution is 0.0618. The van der Waals surface area contributed by atoms with Crippen LogP contribution in [-0.2, 0) is 6.42 Å². The van der Waals surface area contributed by atoms with E-state index in [-0.39, 0.29) is 24.1 Å². The first kappa shape index (κ1) is 17.4. The van der Waals surface area contributed by atoms with Gasteiger partial charge in [0.1, 0.15) is 5.75 Å². The van der Waals surface area contributed by atoms with E-state index in [1.807, 2.05) is 12.1 Å². The molecule has 0 unspecified atom stereocenters. The summed E-state index contributed by atoms with van der Waals surface area (Å²) in [5, 5.41) is 9.39. The van der Waals surface area contributed by atoms with E-state index in [4.69, 9.17) is 0 Å². The SMILES string of the molecule is O=C(c1ccccc1)N(CCc1ccc(O)cc1)C(=O)c1ccccc1. The number of carbonyl (C=O) groups is 2. The summed E-state index contributed by atoms with van der Waals surface area (Å²) >= 11 is 0. The second-order valence-corrected chi connectivity index (χ2v) is 5.91. The molecule has 3 rings (SSSR count). The van der Waals surface area contributed by atoms with Gasteiger partial charge < -0.3 is 5.11 Å². The average molecular weight is 345 g/mol. The quantitative estimate of drug-likeness (QED) is 0.713. The third-order valence-corrected chi connectivity index (χ3v) is 4.09. The van der Waals surface area contributed by atoms with Crippen LogP contribution in [0.5, 0.6) is 5.75 Å². The lowest BCUT2D eigenvalue weighted by Gasteiger charge is -2.21. The Bertz CT molecular complexity index is 823. The van der Waals surface area contributed by atoms with Crippen molar-refractivity contribution in [3.63, 3.8) is 0 Å². The summed E-state index contributed by atoms with van der Waals surface area (Å²) in [5.74, 6) is -0.456. The molecule has 130 valence electrons. The Hall–Kier alpha value is -3.40. The normalized spacial score (nSPS) is 10.3. The zero-order valence-electron chi connectivity index (χ0n) is 14.2. The first-order valence-electron chi connectivity index (χ1n) is 8.39. The molecule has 0 spiro atoms. The fraction of sp³-hybridized carbons (Fsp3) is 0.0909. The molecule has 26 heavy (non-hydrogen) atoms. The minimum absolute atomic E-state index is 0.186. The molecule has 0 bridgehead atoms. The molecule has 0 aliphatic rings. The fourth-order valence-electron chi connectivity index (χ4n) is 2.67. The summed E-state index contributed by atoms with van der Waals surface area (Å²) in [6.07, 6.45) is 0.511. The average Bonchev–Trinajstić information content (AvgIpc) is 2.70. The number of phenolic OH excluding ortho intramolecular Hbond substituents is 1. The Morgan fingerprint density at radius 1 is 0.692 bits per heavy atom. The molecular formula is C22H19NO3. The summed E-state index contributed by atoms with van der Waals surface area (Å²) in [6, 6.07) is 24.3. The van der Waals surface area contributed by atoms with Crippen LogP contribution >= 0.6 is 0 Å². The van der Waals surface area contributed by atoms with Gasteiger partial charge in [0.15, 0.2) is 0 Å². The van der Waals surface area contributed by atoms with Gasteiger partial charge in [0.05, 0.1) is 0 Å². The second kappa shape index (κ2) is 8.12. The van der Waals surface area contributed by atoms with E-state index in [2.05, 4.69) is 0 Å². The molecule has 3 aromatic rings. The van der Waals surface area contributed by atoms with E-state index in [9.17, 15) is 14.7 Å². The topological polar surface area (TPSA) is 57.6 Å². The van der Waals surface area contributed by atoms with E-state index in [1.165, 1.54) is 4.90 Å². The van der Waals surface area contributed by atoms with E-state index in [1.54, 1.807) is 72.8 Å². The highest BCUT2D eigenvalue weighted by Gasteiger charge is 2.23. The Labute approximate surface area is 152 Å². The molecule has 0 aliphatic carbocycles. The van der Waals surface area contributed by atoms with Gasteiger partial charge in [-0.3, -0.25) is 14.5 Å². The first-order chi connectivity index (χ1) is 12.6. The van der Waals surface area contributed by atoms with Crippen molar-refractivity contribution in [1.29, 1.82) is 0 Å². The van der Waals surface area contributed by atoms with E-state index in [0.717, 1.165) is 5.56 Å². The summed E-state index contributed by atoms with van der Waals surface area (Å²) in [6.45, 7) is 0.256. The Balaban J connectivity index is 1.84. The lowest BCUT2D eigenvalue weighted by Crippen LogP contribution is -2.38.